The van der Waals surface area contributed by atoms with Crippen LogP contribution in [0.1, 0.15) is 31.0 Å². The molecule has 8 nitrogen and oxygen atoms in total. The molecule has 0 aliphatic heterocycles. The number of nitrogens with one attached hydrogen (secondary N) is 1. The lowest BCUT2D eigenvalue weighted by Gasteiger charge is -2.28. The quantitative estimate of drug-likeness (QED) is 0.599. The predicted octanol–water partition coefficient (Wildman–Crippen LogP) is 3.21. The van der Waals surface area contributed by atoms with Crippen LogP contribution in [0.2, 0.25) is 0 Å². The van der Waals surface area contributed by atoms with Gasteiger partial charge in [0.2, 0.25) is 5.91 Å². The van der Waals surface area contributed by atoms with Gasteiger partial charge in [-0.05, 0) is 42.8 Å². The minimum atomic E-state index is -0.336. The molecule has 1 N–H and O–H groups in total. The highest BCUT2D eigenvalue weighted by Crippen LogP contribution is 2.11. The van der Waals surface area contributed by atoms with Crippen LogP contribution in [0.15, 0.2) is 42.6 Å². The van der Waals surface area contributed by atoms with Crippen molar-refractivity contribution in [1.29, 1.82) is 5.26 Å². The standard InChI is InChI=1S/C23H31N5O3/c1-4-5-13-28(23(30)25-20-10-8-19(16-24)9-11-20)18-22(29)27(14-15-31-3)17-21-7-6-12-26(21)2/h6-12H,4-5,13-15,17-18H2,1-3H3,(H,25,30). The second kappa shape index (κ2) is 12.4. The van der Waals surface area contributed by atoms with E-state index in [1.54, 1.807) is 36.3 Å². The Morgan fingerprint density at radius 2 is 1.90 bits per heavy atom. The van der Waals surface area contributed by atoms with Gasteiger partial charge in [0.05, 0.1) is 24.8 Å². The number of anilines is 1. The first-order chi connectivity index (χ1) is 15.0. The second-order valence-electron chi connectivity index (χ2n) is 7.31. The third kappa shape index (κ3) is 7.46. The number of nitrogens with zero attached hydrogens (tertiary/aromatic N) is 4. The third-order valence-electron chi connectivity index (χ3n) is 4.98. The Hall–Kier alpha value is -3.31. The zero-order chi connectivity index (χ0) is 22.6. The molecule has 0 saturated carbocycles. The molecule has 166 valence electrons. The van der Waals surface area contributed by atoms with Gasteiger partial charge in [-0.2, -0.15) is 5.26 Å². The maximum Gasteiger partial charge on any atom is 0.322 e. The first kappa shape index (κ1) is 24.0. The lowest BCUT2D eigenvalue weighted by atomic mass is 10.2. The molecular weight excluding hydrogens is 394 g/mol. The van der Waals surface area contributed by atoms with Gasteiger partial charge < -0.3 is 24.4 Å². The molecule has 0 aliphatic carbocycles. The number of unbranched alkanes of at least 4 members (excludes halogenated alkanes) is 1. The molecule has 0 bridgehead atoms. The number of hydrogen-bond donors (Lipinski definition) is 1. The summed E-state index contributed by atoms with van der Waals surface area (Å²) in [5.74, 6) is -0.135. The van der Waals surface area contributed by atoms with Crippen LogP contribution >= 0.6 is 0 Å². The molecule has 8 heteroatoms. The molecular formula is C23H31N5O3. The number of carbonyl (C=O) groups is 2. The van der Waals surface area contributed by atoms with Crippen LogP contribution in [0.4, 0.5) is 10.5 Å². The Bertz CT molecular complexity index is 885. The molecule has 2 rings (SSSR count). The maximum absolute atomic E-state index is 13.1. The van der Waals surface area contributed by atoms with Crippen LogP contribution in [-0.4, -0.2) is 59.7 Å². The van der Waals surface area contributed by atoms with E-state index in [1.165, 1.54) is 4.90 Å². The topological polar surface area (TPSA) is 90.6 Å². The van der Waals surface area contributed by atoms with Gasteiger partial charge in [-0.1, -0.05) is 13.3 Å². The first-order valence-corrected chi connectivity index (χ1v) is 10.4. The van der Waals surface area contributed by atoms with E-state index in [1.807, 2.05) is 36.9 Å². The third-order valence-corrected chi connectivity index (χ3v) is 4.98. The zero-order valence-corrected chi connectivity index (χ0v) is 18.5. The molecule has 31 heavy (non-hydrogen) atoms. The Labute approximate surface area is 184 Å². The largest absolute Gasteiger partial charge is 0.383 e. The van der Waals surface area contributed by atoms with E-state index in [0.29, 0.717) is 37.5 Å². The van der Waals surface area contributed by atoms with E-state index in [4.69, 9.17) is 10.00 Å². The van der Waals surface area contributed by atoms with E-state index in [2.05, 4.69) is 11.4 Å². The lowest BCUT2D eigenvalue weighted by molar-refractivity contribution is -0.133. The van der Waals surface area contributed by atoms with Crippen LogP contribution < -0.4 is 5.32 Å². The van der Waals surface area contributed by atoms with Crippen molar-refractivity contribution >= 4 is 17.6 Å². The summed E-state index contributed by atoms with van der Waals surface area (Å²) in [5.41, 5.74) is 2.11. The molecule has 2 aromatic rings. The number of benzene rings is 1. The maximum atomic E-state index is 13.1. The van der Waals surface area contributed by atoms with Crippen LogP contribution in [0, 0.1) is 11.3 Å². The highest BCUT2D eigenvalue weighted by atomic mass is 16.5. The van der Waals surface area contributed by atoms with Crippen molar-refractivity contribution < 1.29 is 14.3 Å². The molecule has 0 saturated heterocycles. The number of hydrogen-bond acceptors (Lipinski definition) is 4. The monoisotopic (exact) mass is 425 g/mol. The normalized spacial score (nSPS) is 10.4. The highest BCUT2D eigenvalue weighted by molar-refractivity contribution is 5.92. The Kier molecular flexibility index (Phi) is 9.59. The summed E-state index contributed by atoms with van der Waals surface area (Å²) in [4.78, 5) is 29.2. The summed E-state index contributed by atoms with van der Waals surface area (Å²) < 4.78 is 7.14. The minimum absolute atomic E-state index is 0.0176. The lowest BCUT2D eigenvalue weighted by Crippen LogP contribution is -2.45. The van der Waals surface area contributed by atoms with E-state index in [0.717, 1.165) is 18.5 Å². The average Bonchev–Trinajstić information content (AvgIpc) is 3.18. The first-order valence-electron chi connectivity index (χ1n) is 10.4. The van der Waals surface area contributed by atoms with Gasteiger partial charge in [0.15, 0.2) is 0 Å². The summed E-state index contributed by atoms with van der Waals surface area (Å²) in [5, 5.41) is 11.7. The minimum Gasteiger partial charge on any atom is -0.383 e. The van der Waals surface area contributed by atoms with Crippen molar-refractivity contribution in [3.8, 4) is 6.07 Å². The number of ether oxygens (including phenoxy) is 1. The van der Waals surface area contributed by atoms with Crippen molar-refractivity contribution in [2.45, 2.75) is 26.3 Å². The fraction of sp³-hybridized carbons (Fsp3) is 0.435. The molecule has 0 radical (unpaired) electrons. The van der Waals surface area contributed by atoms with Gasteiger partial charge in [-0.25, -0.2) is 4.79 Å². The van der Waals surface area contributed by atoms with Gasteiger partial charge in [-0.15, -0.1) is 0 Å². The molecule has 0 fully saturated rings. The predicted molar refractivity (Wildman–Crippen MR) is 119 cm³/mol. The highest BCUT2D eigenvalue weighted by Gasteiger charge is 2.22. The van der Waals surface area contributed by atoms with E-state index in [9.17, 15) is 9.59 Å². The Morgan fingerprint density at radius 1 is 1.16 bits per heavy atom. The van der Waals surface area contributed by atoms with Crippen molar-refractivity contribution in [2.24, 2.45) is 7.05 Å². The molecule has 0 atom stereocenters. The van der Waals surface area contributed by atoms with Crippen molar-refractivity contribution in [3.05, 3.63) is 53.9 Å². The van der Waals surface area contributed by atoms with Crippen LogP contribution in [0.5, 0.6) is 0 Å². The fourth-order valence-corrected chi connectivity index (χ4v) is 3.04. The summed E-state index contributed by atoms with van der Waals surface area (Å²) in [6.07, 6.45) is 3.64. The van der Waals surface area contributed by atoms with E-state index >= 15 is 0 Å². The van der Waals surface area contributed by atoms with Crippen molar-refractivity contribution in [1.82, 2.24) is 14.4 Å². The molecule has 1 heterocycles. The molecule has 1 aromatic heterocycles. The second-order valence-corrected chi connectivity index (χ2v) is 7.31. The molecule has 0 spiro atoms. The molecule has 3 amide bonds. The molecule has 0 unspecified atom stereocenters. The number of urea groups is 1. The van der Waals surface area contributed by atoms with Crippen LogP contribution in [-0.2, 0) is 23.1 Å². The summed E-state index contributed by atoms with van der Waals surface area (Å²) in [6.45, 7) is 3.81. The van der Waals surface area contributed by atoms with Gasteiger partial charge in [-0.3, -0.25) is 4.79 Å². The Morgan fingerprint density at radius 3 is 2.48 bits per heavy atom. The van der Waals surface area contributed by atoms with Gasteiger partial charge in [0.25, 0.3) is 0 Å². The number of rotatable bonds is 11. The number of methoxy groups -OCH3 is 1. The smallest absolute Gasteiger partial charge is 0.322 e. The summed E-state index contributed by atoms with van der Waals surface area (Å²) in [7, 11) is 3.54. The van der Waals surface area contributed by atoms with Gasteiger partial charge >= 0.3 is 6.03 Å². The number of aryl methyl sites for hydroxylation is 1. The molecule has 0 aliphatic rings. The average molecular weight is 426 g/mol. The molecule has 1 aromatic carbocycles. The van der Waals surface area contributed by atoms with E-state index < -0.39 is 0 Å². The fourth-order valence-electron chi connectivity index (χ4n) is 3.04. The van der Waals surface area contributed by atoms with Crippen molar-refractivity contribution in [2.75, 3.05) is 38.7 Å². The zero-order valence-electron chi connectivity index (χ0n) is 18.5. The van der Waals surface area contributed by atoms with Crippen LogP contribution in [0.3, 0.4) is 0 Å². The Balaban J connectivity index is 2.09. The van der Waals surface area contributed by atoms with Crippen molar-refractivity contribution in [3.63, 3.8) is 0 Å². The summed E-state index contributed by atoms with van der Waals surface area (Å²) in [6, 6.07) is 12.3. The number of amides is 3. The number of aromatic nitrogens is 1. The summed E-state index contributed by atoms with van der Waals surface area (Å²) >= 11 is 0. The SMILES string of the molecule is CCCCN(CC(=O)N(CCOC)Cc1cccn1C)C(=O)Nc1ccc(C#N)cc1. The van der Waals surface area contributed by atoms with Gasteiger partial charge in [0.1, 0.15) is 6.54 Å². The van der Waals surface area contributed by atoms with E-state index in [-0.39, 0.29) is 18.5 Å². The number of nitriles is 1. The number of carbonyl (C=O) groups excluding carboxylic acids is 2. The van der Waals surface area contributed by atoms with Crippen LogP contribution in [0.25, 0.3) is 0 Å². The van der Waals surface area contributed by atoms with Gasteiger partial charge in [0, 0.05) is 44.8 Å².